The van der Waals surface area contributed by atoms with Gasteiger partial charge in [-0.15, -0.1) is 0 Å². The third-order valence-electron chi connectivity index (χ3n) is 3.14. The standard InChI is InChI=1S/C11H19N3O2/c1-7(2)10-12-11(16-13-10)14-5-4-8(3)9(15)6-14/h7-9,15H,4-6H2,1-3H3. The summed E-state index contributed by atoms with van der Waals surface area (Å²) in [5.74, 6) is 1.35. The molecule has 2 atom stereocenters. The summed E-state index contributed by atoms with van der Waals surface area (Å²) in [6.07, 6.45) is 0.656. The Labute approximate surface area is 95.4 Å². The Morgan fingerprint density at radius 1 is 1.50 bits per heavy atom. The van der Waals surface area contributed by atoms with Crippen molar-refractivity contribution in [2.24, 2.45) is 5.92 Å². The Hall–Kier alpha value is -1.10. The number of rotatable bonds is 2. The molecule has 1 aromatic rings. The Balaban J connectivity index is 2.07. The Bertz CT molecular complexity index is 351. The van der Waals surface area contributed by atoms with Crippen LogP contribution in [-0.4, -0.2) is 34.4 Å². The summed E-state index contributed by atoms with van der Waals surface area (Å²) in [7, 11) is 0. The summed E-state index contributed by atoms with van der Waals surface area (Å²) >= 11 is 0. The number of aliphatic hydroxyl groups excluding tert-OH is 1. The molecule has 1 aliphatic heterocycles. The second-order valence-corrected chi connectivity index (χ2v) is 4.87. The van der Waals surface area contributed by atoms with E-state index in [0.29, 0.717) is 18.5 Å². The van der Waals surface area contributed by atoms with Gasteiger partial charge in [-0.25, -0.2) is 0 Å². The van der Waals surface area contributed by atoms with Crippen LogP contribution in [0.25, 0.3) is 0 Å². The highest BCUT2D eigenvalue weighted by atomic mass is 16.5. The number of aromatic nitrogens is 2. The smallest absolute Gasteiger partial charge is 0.324 e. The third-order valence-corrected chi connectivity index (χ3v) is 3.14. The minimum Gasteiger partial charge on any atom is -0.391 e. The van der Waals surface area contributed by atoms with Gasteiger partial charge in [-0.3, -0.25) is 0 Å². The molecule has 0 saturated carbocycles. The second-order valence-electron chi connectivity index (χ2n) is 4.87. The largest absolute Gasteiger partial charge is 0.391 e. The van der Waals surface area contributed by atoms with Crippen LogP contribution in [0.2, 0.25) is 0 Å². The zero-order valence-corrected chi connectivity index (χ0v) is 10.1. The van der Waals surface area contributed by atoms with E-state index in [1.807, 2.05) is 18.7 Å². The van der Waals surface area contributed by atoms with Gasteiger partial charge in [0.15, 0.2) is 5.82 Å². The van der Waals surface area contributed by atoms with Crippen molar-refractivity contribution in [2.75, 3.05) is 18.0 Å². The predicted octanol–water partition coefficient (Wildman–Crippen LogP) is 1.40. The van der Waals surface area contributed by atoms with Crippen LogP contribution in [0.5, 0.6) is 0 Å². The molecule has 0 amide bonds. The van der Waals surface area contributed by atoms with Crippen LogP contribution in [0.4, 0.5) is 6.01 Å². The molecule has 1 aromatic heterocycles. The lowest BCUT2D eigenvalue weighted by atomic mass is 9.96. The maximum atomic E-state index is 9.79. The number of β-amino-alcohol motifs (C(OH)–C–C–N with tert-alkyl or cyclic N) is 1. The topological polar surface area (TPSA) is 62.4 Å². The zero-order chi connectivity index (χ0) is 11.7. The van der Waals surface area contributed by atoms with Crippen molar-refractivity contribution >= 4 is 6.01 Å². The van der Waals surface area contributed by atoms with E-state index >= 15 is 0 Å². The van der Waals surface area contributed by atoms with Gasteiger partial charge in [-0.1, -0.05) is 25.9 Å². The van der Waals surface area contributed by atoms with E-state index < -0.39 is 0 Å². The minimum absolute atomic E-state index is 0.270. The first kappa shape index (κ1) is 11.4. The zero-order valence-electron chi connectivity index (χ0n) is 10.1. The van der Waals surface area contributed by atoms with Crippen LogP contribution in [-0.2, 0) is 0 Å². The van der Waals surface area contributed by atoms with Crippen LogP contribution in [0.1, 0.15) is 38.9 Å². The summed E-state index contributed by atoms with van der Waals surface area (Å²) in [6.45, 7) is 7.58. The molecule has 2 unspecified atom stereocenters. The van der Waals surface area contributed by atoms with Gasteiger partial charge in [-0.2, -0.15) is 4.98 Å². The molecule has 1 N–H and O–H groups in total. The molecule has 2 heterocycles. The van der Waals surface area contributed by atoms with E-state index in [-0.39, 0.29) is 12.0 Å². The number of hydrogen-bond donors (Lipinski definition) is 1. The highest BCUT2D eigenvalue weighted by molar-refractivity contribution is 5.26. The van der Waals surface area contributed by atoms with Crippen molar-refractivity contribution in [3.8, 4) is 0 Å². The molecule has 0 aromatic carbocycles. The van der Waals surface area contributed by atoms with Crippen molar-refractivity contribution in [3.63, 3.8) is 0 Å². The van der Waals surface area contributed by atoms with Crippen LogP contribution in [0.15, 0.2) is 4.52 Å². The number of aliphatic hydroxyl groups is 1. The number of nitrogens with zero attached hydrogens (tertiary/aromatic N) is 3. The van der Waals surface area contributed by atoms with E-state index in [1.54, 1.807) is 0 Å². The van der Waals surface area contributed by atoms with Crippen molar-refractivity contribution in [1.82, 2.24) is 10.1 Å². The number of piperidine rings is 1. The molecule has 1 saturated heterocycles. The van der Waals surface area contributed by atoms with Crippen molar-refractivity contribution in [3.05, 3.63) is 5.82 Å². The number of hydrogen-bond acceptors (Lipinski definition) is 5. The minimum atomic E-state index is -0.303. The molecule has 0 aliphatic carbocycles. The van der Waals surface area contributed by atoms with Crippen LogP contribution in [0.3, 0.4) is 0 Å². The fourth-order valence-corrected chi connectivity index (χ4v) is 1.81. The highest BCUT2D eigenvalue weighted by Gasteiger charge is 2.27. The Morgan fingerprint density at radius 2 is 2.25 bits per heavy atom. The summed E-state index contributed by atoms with van der Waals surface area (Å²) in [4.78, 5) is 6.29. The van der Waals surface area contributed by atoms with Gasteiger partial charge in [-0.05, 0) is 12.3 Å². The molecule has 90 valence electrons. The molecule has 16 heavy (non-hydrogen) atoms. The third kappa shape index (κ3) is 2.19. The van der Waals surface area contributed by atoms with Crippen molar-refractivity contribution in [2.45, 2.75) is 39.2 Å². The van der Waals surface area contributed by atoms with E-state index in [0.717, 1.165) is 18.8 Å². The van der Waals surface area contributed by atoms with Gasteiger partial charge >= 0.3 is 6.01 Å². The van der Waals surface area contributed by atoms with Crippen LogP contribution in [0, 0.1) is 5.92 Å². The average Bonchev–Trinajstić information content (AvgIpc) is 2.71. The lowest BCUT2D eigenvalue weighted by molar-refractivity contribution is 0.100. The number of anilines is 1. The molecule has 0 bridgehead atoms. The van der Waals surface area contributed by atoms with Gasteiger partial charge in [0.2, 0.25) is 0 Å². The molecule has 5 nitrogen and oxygen atoms in total. The maximum Gasteiger partial charge on any atom is 0.324 e. The Morgan fingerprint density at radius 3 is 2.81 bits per heavy atom. The van der Waals surface area contributed by atoms with Gasteiger partial charge in [0.1, 0.15) is 0 Å². The average molecular weight is 225 g/mol. The molecule has 0 radical (unpaired) electrons. The first-order chi connectivity index (χ1) is 7.58. The molecular formula is C11H19N3O2. The lowest BCUT2D eigenvalue weighted by Crippen LogP contribution is -2.43. The molecule has 2 rings (SSSR count). The predicted molar refractivity (Wildman–Crippen MR) is 60.4 cm³/mol. The summed E-state index contributed by atoms with van der Waals surface area (Å²) in [5, 5.41) is 13.7. The first-order valence-electron chi connectivity index (χ1n) is 5.84. The van der Waals surface area contributed by atoms with Gasteiger partial charge < -0.3 is 14.5 Å². The van der Waals surface area contributed by atoms with E-state index in [2.05, 4.69) is 17.1 Å². The van der Waals surface area contributed by atoms with Gasteiger partial charge in [0, 0.05) is 19.0 Å². The molecular weight excluding hydrogens is 206 g/mol. The van der Waals surface area contributed by atoms with E-state index in [4.69, 9.17) is 4.52 Å². The normalized spacial score (nSPS) is 26.4. The Kier molecular flexibility index (Phi) is 3.14. The van der Waals surface area contributed by atoms with Crippen molar-refractivity contribution in [1.29, 1.82) is 0 Å². The van der Waals surface area contributed by atoms with Gasteiger partial charge in [0.25, 0.3) is 0 Å². The summed E-state index contributed by atoms with van der Waals surface area (Å²) < 4.78 is 5.20. The highest BCUT2D eigenvalue weighted by Crippen LogP contribution is 2.23. The fourth-order valence-electron chi connectivity index (χ4n) is 1.81. The SMILES string of the molecule is CC(C)c1noc(N2CCC(C)C(O)C2)n1. The van der Waals surface area contributed by atoms with Gasteiger partial charge in [0.05, 0.1) is 6.10 Å². The van der Waals surface area contributed by atoms with E-state index in [9.17, 15) is 5.11 Å². The summed E-state index contributed by atoms with van der Waals surface area (Å²) in [6, 6.07) is 0.537. The molecule has 1 aliphatic rings. The molecule has 1 fully saturated rings. The quantitative estimate of drug-likeness (QED) is 0.824. The lowest BCUT2D eigenvalue weighted by Gasteiger charge is -2.32. The molecule has 0 spiro atoms. The summed E-state index contributed by atoms with van der Waals surface area (Å²) in [5.41, 5.74) is 0. The molecule has 5 heteroatoms. The maximum absolute atomic E-state index is 9.79. The van der Waals surface area contributed by atoms with E-state index in [1.165, 1.54) is 0 Å². The van der Waals surface area contributed by atoms with Crippen molar-refractivity contribution < 1.29 is 9.63 Å². The first-order valence-corrected chi connectivity index (χ1v) is 5.84. The van der Waals surface area contributed by atoms with Crippen LogP contribution < -0.4 is 4.90 Å². The second kappa shape index (κ2) is 4.41. The van der Waals surface area contributed by atoms with Crippen LogP contribution >= 0.6 is 0 Å². The monoisotopic (exact) mass is 225 g/mol. The fraction of sp³-hybridized carbons (Fsp3) is 0.818.